The van der Waals surface area contributed by atoms with E-state index in [0.717, 1.165) is 32.1 Å². The van der Waals surface area contributed by atoms with Crippen molar-refractivity contribution in [3.8, 4) is 0 Å². The van der Waals surface area contributed by atoms with Gasteiger partial charge >= 0.3 is 5.97 Å². The SMILES string of the molecule is O=C(O)[C@H]1CCCC[C@H]1C(=O)N1CC2CCC(C1)O2. The molecule has 1 saturated carbocycles. The Labute approximate surface area is 112 Å². The fraction of sp³-hybridized carbons (Fsp3) is 0.857. The van der Waals surface area contributed by atoms with Crippen molar-refractivity contribution in [2.24, 2.45) is 11.8 Å². The van der Waals surface area contributed by atoms with Gasteiger partial charge in [0.25, 0.3) is 0 Å². The molecular formula is C14H21NO4. The number of carbonyl (C=O) groups excluding carboxylic acids is 1. The van der Waals surface area contributed by atoms with E-state index in [1.54, 1.807) is 0 Å². The van der Waals surface area contributed by atoms with Gasteiger partial charge < -0.3 is 14.7 Å². The minimum atomic E-state index is -0.811. The van der Waals surface area contributed by atoms with E-state index < -0.39 is 11.9 Å². The summed E-state index contributed by atoms with van der Waals surface area (Å²) in [4.78, 5) is 25.8. The molecule has 2 saturated heterocycles. The molecule has 5 heteroatoms. The van der Waals surface area contributed by atoms with Crippen molar-refractivity contribution in [3.05, 3.63) is 0 Å². The Kier molecular flexibility index (Phi) is 3.48. The first-order chi connectivity index (χ1) is 9.15. The number of hydrogen-bond acceptors (Lipinski definition) is 3. The van der Waals surface area contributed by atoms with E-state index in [1.807, 2.05) is 4.90 Å². The molecule has 2 bridgehead atoms. The minimum Gasteiger partial charge on any atom is -0.481 e. The van der Waals surface area contributed by atoms with Crippen LogP contribution in [0.3, 0.4) is 0 Å². The molecule has 0 radical (unpaired) electrons. The second kappa shape index (κ2) is 5.12. The summed E-state index contributed by atoms with van der Waals surface area (Å²) in [6.45, 7) is 1.30. The average molecular weight is 267 g/mol. The van der Waals surface area contributed by atoms with Crippen molar-refractivity contribution in [2.45, 2.75) is 50.7 Å². The lowest BCUT2D eigenvalue weighted by atomic mass is 9.78. The van der Waals surface area contributed by atoms with E-state index in [-0.39, 0.29) is 24.0 Å². The van der Waals surface area contributed by atoms with Crippen molar-refractivity contribution in [3.63, 3.8) is 0 Å². The molecule has 2 heterocycles. The molecular weight excluding hydrogens is 246 g/mol. The van der Waals surface area contributed by atoms with Crippen molar-refractivity contribution in [1.82, 2.24) is 4.90 Å². The van der Waals surface area contributed by atoms with Gasteiger partial charge in [0.15, 0.2) is 0 Å². The van der Waals surface area contributed by atoms with Crippen molar-refractivity contribution >= 4 is 11.9 Å². The van der Waals surface area contributed by atoms with Crippen LogP contribution in [-0.2, 0) is 14.3 Å². The summed E-state index contributed by atoms with van der Waals surface area (Å²) in [5.41, 5.74) is 0. The van der Waals surface area contributed by atoms with E-state index in [1.165, 1.54) is 0 Å². The summed E-state index contributed by atoms with van der Waals surface area (Å²) in [5.74, 6) is -1.56. The second-order valence-corrected chi connectivity index (χ2v) is 6.04. The van der Waals surface area contributed by atoms with Gasteiger partial charge in [-0.15, -0.1) is 0 Å². The van der Waals surface area contributed by atoms with Crippen LogP contribution in [0.2, 0.25) is 0 Å². The molecule has 1 N–H and O–H groups in total. The van der Waals surface area contributed by atoms with Crippen molar-refractivity contribution in [1.29, 1.82) is 0 Å². The molecule has 2 aliphatic heterocycles. The molecule has 106 valence electrons. The zero-order chi connectivity index (χ0) is 13.4. The first-order valence-corrected chi connectivity index (χ1v) is 7.32. The Morgan fingerprint density at radius 2 is 1.53 bits per heavy atom. The number of aliphatic carboxylic acids is 1. The molecule has 0 aromatic carbocycles. The van der Waals surface area contributed by atoms with Crippen LogP contribution in [0.1, 0.15) is 38.5 Å². The van der Waals surface area contributed by atoms with Crippen LogP contribution in [0.5, 0.6) is 0 Å². The molecule has 4 atom stereocenters. The molecule has 0 aromatic heterocycles. The highest BCUT2D eigenvalue weighted by atomic mass is 16.5. The van der Waals surface area contributed by atoms with Gasteiger partial charge in [-0.2, -0.15) is 0 Å². The Morgan fingerprint density at radius 3 is 2.11 bits per heavy atom. The number of ether oxygens (including phenoxy) is 1. The van der Waals surface area contributed by atoms with Gasteiger partial charge in [-0.05, 0) is 25.7 Å². The number of morpholine rings is 1. The minimum absolute atomic E-state index is 0.0484. The topological polar surface area (TPSA) is 66.8 Å². The van der Waals surface area contributed by atoms with Crippen LogP contribution in [0.25, 0.3) is 0 Å². The van der Waals surface area contributed by atoms with Crippen LogP contribution in [0.15, 0.2) is 0 Å². The van der Waals surface area contributed by atoms with Crippen LogP contribution >= 0.6 is 0 Å². The van der Waals surface area contributed by atoms with E-state index in [4.69, 9.17) is 4.74 Å². The third-order valence-corrected chi connectivity index (χ3v) is 4.76. The molecule has 3 rings (SSSR count). The van der Waals surface area contributed by atoms with E-state index in [0.29, 0.717) is 19.5 Å². The number of carbonyl (C=O) groups is 2. The van der Waals surface area contributed by atoms with Crippen LogP contribution in [-0.4, -0.2) is 47.2 Å². The molecule has 2 unspecified atom stereocenters. The van der Waals surface area contributed by atoms with Gasteiger partial charge in [0.1, 0.15) is 0 Å². The Bertz CT molecular complexity index is 372. The molecule has 1 aliphatic carbocycles. The van der Waals surface area contributed by atoms with Crippen molar-refractivity contribution in [2.75, 3.05) is 13.1 Å². The molecule has 1 amide bonds. The predicted molar refractivity (Wildman–Crippen MR) is 67.6 cm³/mol. The number of rotatable bonds is 2. The Balaban J connectivity index is 1.69. The summed E-state index contributed by atoms with van der Waals surface area (Å²) >= 11 is 0. The number of nitrogens with zero attached hydrogens (tertiary/aromatic N) is 1. The summed E-state index contributed by atoms with van der Waals surface area (Å²) in [5, 5.41) is 9.28. The lowest BCUT2D eigenvalue weighted by Gasteiger charge is -2.37. The first kappa shape index (κ1) is 12.9. The van der Waals surface area contributed by atoms with Crippen LogP contribution in [0, 0.1) is 11.8 Å². The van der Waals surface area contributed by atoms with Gasteiger partial charge in [-0.25, -0.2) is 0 Å². The number of amides is 1. The van der Waals surface area contributed by atoms with Gasteiger partial charge in [0.05, 0.1) is 24.0 Å². The Hall–Kier alpha value is -1.10. The number of fused-ring (bicyclic) bond motifs is 2. The molecule has 19 heavy (non-hydrogen) atoms. The van der Waals surface area contributed by atoms with Gasteiger partial charge in [-0.1, -0.05) is 12.8 Å². The van der Waals surface area contributed by atoms with Crippen LogP contribution < -0.4 is 0 Å². The third-order valence-electron chi connectivity index (χ3n) is 4.76. The largest absolute Gasteiger partial charge is 0.481 e. The second-order valence-electron chi connectivity index (χ2n) is 6.04. The van der Waals surface area contributed by atoms with Gasteiger partial charge in [-0.3, -0.25) is 9.59 Å². The maximum absolute atomic E-state index is 12.6. The summed E-state index contributed by atoms with van der Waals surface area (Å²) in [6.07, 6.45) is 5.67. The summed E-state index contributed by atoms with van der Waals surface area (Å²) in [6, 6.07) is 0. The maximum Gasteiger partial charge on any atom is 0.307 e. The molecule has 0 spiro atoms. The summed E-state index contributed by atoms with van der Waals surface area (Å²) in [7, 11) is 0. The molecule has 5 nitrogen and oxygen atoms in total. The van der Waals surface area contributed by atoms with Gasteiger partial charge in [0, 0.05) is 13.1 Å². The molecule has 3 fully saturated rings. The fourth-order valence-corrected chi connectivity index (χ4v) is 3.75. The standard InChI is InChI=1S/C14H21NO4/c16-13(11-3-1-2-4-12(11)14(17)18)15-7-9-5-6-10(8-15)19-9/h9-12H,1-8H2,(H,17,18)/t9?,10?,11-,12+/m1/s1. The molecule has 3 aliphatic rings. The third kappa shape index (κ3) is 2.48. The zero-order valence-electron chi connectivity index (χ0n) is 11.1. The quantitative estimate of drug-likeness (QED) is 0.818. The zero-order valence-corrected chi connectivity index (χ0v) is 11.1. The highest BCUT2D eigenvalue weighted by Gasteiger charge is 2.42. The highest BCUT2D eigenvalue weighted by Crippen LogP contribution is 2.34. The molecule has 0 aromatic rings. The summed E-state index contributed by atoms with van der Waals surface area (Å²) < 4.78 is 5.73. The number of carboxylic acid groups (broad SMARTS) is 1. The maximum atomic E-state index is 12.6. The number of carboxylic acids is 1. The van der Waals surface area contributed by atoms with Crippen molar-refractivity contribution < 1.29 is 19.4 Å². The van der Waals surface area contributed by atoms with Gasteiger partial charge in [0.2, 0.25) is 5.91 Å². The first-order valence-electron chi connectivity index (χ1n) is 7.32. The highest BCUT2D eigenvalue weighted by molar-refractivity contribution is 5.85. The van der Waals surface area contributed by atoms with Crippen LogP contribution in [0.4, 0.5) is 0 Å². The lowest BCUT2D eigenvalue weighted by molar-refractivity contribution is -0.156. The normalized spacial score (nSPS) is 38.2. The van der Waals surface area contributed by atoms with E-state index >= 15 is 0 Å². The van der Waals surface area contributed by atoms with E-state index in [9.17, 15) is 14.7 Å². The monoisotopic (exact) mass is 267 g/mol. The van der Waals surface area contributed by atoms with E-state index in [2.05, 4.69) is 0 Å². The smallest absolute Gasteiger partial charge is 0.307 e. The number of hydrogen-bond donors (Lipinski definition) is 1. The number of likely N-dealkylation sites (tertiary alicyclic amines) is 1. The average Bonchev–Trinajstić information content (AvgIpc) is 2.76. The predicted octanol–water partition coefficient (Wildman–Crippen LogP) is 1.27. The Morgan fingerprint density at radius 1 is 0.947 bits per heavy atom. The fourth-order valence-electron chi connectivity index (χ4n) is 3.75. The lowest BCUT2D eigenvalue weighted by Crippen LogP contribution is -2.50.